The molecule has 0 saturated carbocycles. The van der Waals surface area contributed by atoms with Crippen LogP contribution >= 0.6 is 0 Å². The first-order valence-corrected chi connectivity index (χ1v) is 12.4. The minimum atomic E-state index is -0.109. The molecule has 2 aliphatic rings. The Morgan fingerprint density at radius 2 is 1.63 bits per heavy atom. The molecule has 0 aliphatic carbocycles. The first-order chi connectivity index (χ1) is 17.2. The van der Waals surface area contributed by atoms with E-state index in [0.717, 1.165) is 25.9 Å². The summed E-state index contributed by atoms with van der Waals surface area (Å²) in [5.41, 5.74) is 4.27. The van der Waals surface area contributed by atoms with Crippen molar-refractivity contribution in [2.24, 2.45) is 0 Å². The molecule has 0 radical (unpaired) electrons. The van der Waals surface area contributed by atoms with Gasteiger partial charge in [-0.1, -0.05) is 66.7 Å². The zero-order chi connectivity index (χ0) is 24.2. The van der Waals surface area contributed by atoms with E-state index in [9.17, 15) is 9.90 Å². The number of para-hydroxylation sites is 2. The van der Waals surface area contributed by atoms with Gasteiger partial charge in [0.05, 0.1) is 19.4 Å². The largest absolute Gasteiger partial charge is 0.495 e. The van der Waals surface area contributed by atoms with E-state index in [4.69, 9.17) is 4.74 Å². The SMILES string of the molecule is COc1ccccc1NC(=O)N1CCCCN2[C@H](CO)[C@H](c3ccc(-c4ccccc4)cc3)[C@H]2C1. The highest BCUT2D eigenvalue weighted by Crippen LogP contribution is 2.42. The second-order valence-electron chi connectivity index (χ2n) is 9.35. The molecule has 2 saturated heterocycles. The molecule has 3 aromatic carbocycles. The summed E-state index contributed by atoms with van der Waals surface area (Å²) >= 11 is 0. The predicted octanol–water partition coefficient (Wildman–Crippen LogP) is 4.82. The Balaban J connectivity index is 1.35. The lowest BCUT2D eigenvalue weighted by Gasteiger charge is -2.57. The number of amides is 2. The molecule has 35 heavy (non-hydrogen) atoms. The third-order valence-electron chi connectivity index (χ3n) is 7.41. The Kier molecular flexibility index (Phi) is 7.02. The van der Waals surface area contributed by atoms with Crippen molar-refractivity contribution in [3.8, 4) is 16.9 Å². The highest BCUT2D eigenvalue weighted by Gasteiger charge is 2.49. The van der Waals surface area contributed by atoms with Crippen molar-refractivity contribution in [1.82, 2.24) is 9.80 Å². The van der Waals surface area contributed by atoms with Crippen LogP contribution in [-0.4, -0.2) is 66.4 Å². The number of benzene rings is 3. The van der Waals surface area contributed by atoms with Crippen molar-refractivity contribution in [3.63, 3.8) is 0 Å². The number of aliphatic hydroxyl groups excluding tert-OH is 1. The molecule has 2 N–H and O–H groups in total. The Bertz CT molecular complexity index is 1140. The predicted molar refractivity (Wildman–Crippen MR) is 139 cm³/mol. The highest BCUT2D eigenvalue weighted by molar-refractivity contribution is 5.91. The van der Waals surface area contributed by atoms with E-state index in [0.29, 0.717) is 18.0 Å². The molecular formula is C29H33N3O3. The summed E-state index contributed by atoms with van der Waals surface area (Å²) < 4.78 is 5.40. The van der Waals surface area contributed by atoms with Gasteiger partial charge in [0.25, 0.3) is 0 Å². The zero-order valence-electron chi connectivity index (χ0n) is 20.1. The number of fused-ring (bicyclic) bond motifs is 1. The number of aliphatic hydroxyl groups is 1. The minimum Gasteiger partial charge on any atom is -0.495 e. The Morgan fingerprint density at radius 3 is 2.37 bits per heavy atom. The number of anilines is 1. The quantitative estimate of drug-likeness (QED) is 0.560. The van der Waals surface area contributed by atoms with Crippen LogP contribution in [0.15, 0.2) is 78.9 Å². The van der Waals surface area contributed by atoms with Crippen molar-refractivity contribution in [3.05, 3.63) is 84.4 Å². The van der Waals surface area contributed by atoms with Crippen LogP contribution in [0.3, 0.4) is 0 Å². The number of methoxy groups -OCH3 is 1. The maximum Gasteiger partial charge on any atom is 0.322 e. The summed E-state index contributed by atoms with van der Waals surface area (Å²) in [5, 5.41) is 13.3. The van der Waals surface area contributed by atoms with Crippen molar-refractivity contribution < 1.29 is 14.6 Å². The summed E-state index contributed by atoms with van der Waals surface area (Å²) in [4.78, 5) is 17.6. The first kappa shape index (κ1) is 23.4. The van der Waals surface area contributed by atoms with Crippen molar-refractivity contribution in [1.29, 1.82) is 0 Å². The first-order valence-electron chi connectivity index (χ1n) is 12.4. The van der Waals surface area contributed by atoms with Crippen LogP contribution in [0.1, 0.15) is 24.3 Å². The summed E-state index contributed by atoms with van der Waals surface area (Å²) in [6, 6.07) is 26.7. The fraction of sp³-hybridized carbons (Fsp3) is 0.345. The molecule has 6 heteroatoms. The monoisotopic (exact) mass is 471 g/mol. The van der Waals surface area contributed by atoms with Gasteiger partial charge in [-0.15, -0.1) is 0 Å². The van der Waals surface area contributed by atoms with Gasteiger partial charge in [-0.3, -0.25) is 4.90 Å². The van der Waals surface area contributed by atoms with Gasteiger partial charge in [0.15, 0.2) is 0 Å². The Morgan fingerprint density at radius 1 is 0.943 bits per heavy atom. The molecular weight excluding hydrogens is 438 g/mol. The number of nitrogens with zero attached hydrogens (tertiary/aromatic N) is 2. The van der Waals surface area contributed by atoms with Crippen LogP contribution in [0.4, 0.5) is 10.5 Å². The van der Waals surface area contributed by atoms with Gasteiger partial charge in [-0.2, -0.15) is 0 Å². The van der Waals surface area contributed by atoms with Crippen molar-refractivity contribution in [2.75, 3.05) is 38.7 Å². The number of ether oxygens (including phenoxy) is 1. The lowest BCUT2D eigenvalue weighted by Crippen LogP contribution is -2.68. The van der Waals surface area contributed by atoms with Crippen molar-refractivity contribution in [2.45, 2.75) is 30.8 Å². The second-order valence-corrected chi connectivity index (χ2v) is 9.35. The molecule has 2 amide bonds. The Hall–Kier alpha value is -3.35. The number of nitrogens with one attached hydrogen (secondary N) is 1. The van der Waals surface area contributed by atoms with Gasteiger partial charge in [0.2, 0.25) is 0 Å². The van der Waals surface area contributed by atoms with E-state index in [1.807, 2.05) is 47.4 Å². The average Bonchev–Trinajstić information content (AvgIpc) is 2.89. The molecule has 2 heterocycles. The van der Waals surface area contributed by atoms with E-state index in [2.05, 4.69) is 46.6 Å². The molecule has 3 atom stereocenters. The van der Waals surface area contributed by atoms with E-state index in [1.54, 1.807) is 7.11 Å². The van der Waals surface area contributed by atoms with Gasteiger partial charge in [0, 0.05) is 31.1 Å². The van der Waals surface area contributed by atoms with Crippen LogP contribution in [0, 0.1) is 0 Å². The molecule has 3 aromatic rings. The van der Waals surface area contributed by atoms with Crippen LogP contribution in [-0.2, 0) is 0 Å². The van der Waals surface area contributed by atoms with E-state index >= 15 is 0 Å². The maximum absolute atomic E-state index is 13.3. The van der Waals surface area contributed by atoms with Crippen LogP contribution in [0.2, 0.25) is 0 Å². The van der Waals surface area contributed by atoms with E-state index < -0.39 is 0 Å². The lowest BCUT2D eigenvalue weighted by molar-refractivity contribution is -0.0585. The molecule has 2 aliphatic heterocycles. The van der Waals surface area contributed by atoms with Gasteiger partial charge < -0.3 is 20.1 Å². The number of hydrogen-bond acceptors (Lipinski definition) is 4. The standard InChI is InChI=1S/C29H33N3O3/c1-35-27-12-6-5-11-24(27)30-29(34)31-17-7-8-18-32-25(19-31)28(26(32)20-33)23-15-13-22(14-16-23)21-9-3-2-4-10-21/h2-6,9-16,25-26,28,33H,7-8,17-20H2,1H3,(H,30,34)/t25-,26-,28-/m1/s1. The molecule has 6 nitrogen and oxygen atoms in total. The summed E-state index contributed by atoms with van der Waals surface area (Å²) in [5.74, 6) is 0.833. The number of rotatable bonds is 5. The van der Waals surface area contributed by atoms with Gasteiger partial charge >= 0.3 is 6.03 Å². The molecule has 0 aromatic heterocycles. The molecule has 182 valence electrons. The molecule has 5 rings (SSSR count). The summed E-state index contributed by atoms with van der Waals surface area (Å²) in [6.07, 6.45) is 1.95. The van der Waals surface area contributed by atoms with Gasteiger partial charge in [-0.25, -0.2) is 4.79 Å². The minimum absolute atomic E-state index is 0.0832. The third-order valence-corrected chi connectivity index (χ3v) is 7.41. The van der Waals surface area contributed by atoms with Crippen LogP contribution < -0.4 is 10.1 Å². The molecule has 0 unspecified atom stereocenters. The zero-order valence-corrected chi connectivity index (χ0v) is 20.1. The number of carbonyl (C=O) groups excluding carboxylic acids is 1. The van der Waals surface area contributed by atoms with Crippen LogP contribution in [0.5, 0.6) is 5.75 Å². The normalized spacial score (nSPS) is 22.3. The fourth-order valence-corrected chi connectivity index (χ4v) is 5.60. The maximum atomic E-state index is 13.3. The smallest absolute Gasteiger partial charge is 0.322 e. The van der Waals surface area contributed by atoms with Crippen molar-refractivity contribution >= 4 is 11.7 Å². The number of urea groups is 1. The fourth-order valence-electron chi connectivity index (χ4n) is 5.60. The van der Waals surface area contributed by atoms with Crippen LogP contribution in [0.25, 0.3) is 11.1 Å². The number of hydrogen-bond donors (Lipinski definition) is 2. The summed E-state index contributed by atoms with van der Waals surface area (Å²) in [6.45, 7) is 2.42. The van der Waals surface area contributed by atoms with Gasteiger partial charge in [0.1, 0.15) is 5.75 Å². The lowest BCUT2D eigenvalue weighted by atomic mass is 9.74. The highest BCUT2D eigenvalue weighted by atomic mass is 16.5. The molecule has 2 fully saturated rings. The van der Waals surface area contributed by atoms with Gasteiger partial charge in [-0.05, 0) is 48.2 Å². The average molecular weight is 472 g/mol. The second kappa shape index (κ2) is 10.5. The summed E-state index contributed by atoms with van der Waals surface area (Å²) in [7, 11) is 1.61. The number of carbonyl (C=O) groups is 1. The molecule has 0 spiro atoms. The van der Waals surface area contributed by atoms with E-state index in [-0.39, 0.29) is 30.6 Å². The topological polar surface area (TPSA) is 65.0 Å². The third kappa shape index (κ3) is 4.77. The van der Waals surface area contributed by atoms with E-state index in [1.165, 1.54) is 16.7 Å². The molecule has 0 bridgehead atoms. The Labute approximate surface area is 207 Å².